The van der Waals surface area contributed by atoms with Gasteiger partial charge in [-0.3, -0.25) is 0 Å². The summed E-state index contributed by atoms with van der Waals surface area (Å²) in [5, 5.41) is 0. The Labute approximate surface area is 87.1 Å². The van der Waals surface area contributed by atoms with Gasteiger partial charge in [-0.25, -0.2) is 0 Å². The highest BCUT2D eigenvalue weighted by molar-refractivity contribution is 5.49. The number of hydrogen-bond acceptors (Lipinski definition) is 1. The van der Waals surface area contributed by atoms with Gasteiger partial charge in [0.05, 0.1) is 0 Å². The van der Waals surface area contributed by atoms with Gasteiger partial charge in [0.15, 0.2) is 0 Å². The Morgan fingerprint density at radius 2 is 2.14 bits per heavy atom. The first-order valence-corrected chi connectivity index (χ1v) is 5.16. The fourth-order valence-electron chi connectivity index (χ4n) is 1.41. The molecule has 1 rings (SSSR count). The Balaban J connectivity index is 2.73. The van der Waals surface area contributed by atoms with Crippen molar-refractivity contribution >= 4 is 6.08 Å². The Morgan fingerprint density at radius 1 is 1.36 bits per heavy atom. The van der Waals surface area contributed by atoms with Gasteiger partial charge in [-0.2, -0.15) is 0 Å². The molecule has 1 aromatic carbocycles. The molecule has 76 valence electrons. The molecule has 1 heteroatoms. The third-order valence-corrected chi connectivity index (χ3v) is 2.30. The minimum absolute atomic E-state index is 1.03. The van der Waals surface area contributed by atoms with Crippen LogP contribution in [0.15, 0.2) is 30.3 Å². The molecule has 0 N–H and O–H groups in total. The van der Waals surface area contributed by atoms with Crippen molar-refractivity contribution in [2.24, 2.45) is 0 Å². The summed E-state index contributed by atoms with van der Waals surface area (Å²) in [6.45, 7) is 6.34. The third-order valence-electron chi connectivity index (χ3n) is 2.30. The van der Waals surface area contributed by atoms with E-state index >= 15 is 0 Å². The van der Waals surface area contributed by atoms with Crippen LogP contribution in [0.3, 0.4) is 0 Å². The maximum Gasteiger partial charge on any atom is 0.0230 e. The molecule has 0 unspecified atom stereocenters. The van der Waals surface area contributed by atoms with Crippen LogP contribution >= 0.6 is 0 Å². The first kappa shape index (κ1) is 11.0. The van der Waals surface area contributed by atoms with Crippen LogP contribution in [-0.4, -0.2) is 18.5 Å². The lowest BCUT2D eigenvalue weighted by Crippen LogP contribution is -2.16. The van der Waals surface area contributed by atoms with Gasteiger partial charge in [-0.05, 0) is 31.6 Å². The van der Waals surface area contributed by atoms with Crippen LogP contribution < -0.4 is 0 Å². The van der Waals surface area contributed by atoms with Crippen molar-refractivity contribution < 1.29 is 0 Å². The monoisotopic (exact) mass is 189 g/mol. The number of allylic oxidation sites excluding steroid dienone is 1. The summed E-state index contributed by atoms with van der Waals surface area (Å²) < 4.78 is 0. The van der Waals surface area contributed by atoms with Gasteiger partial charge in [-0.15, -0.1) is 0 Å². The molecule has 0 saturated carbocycles. The summed E-state index contributed by atoms with van der Waals surface area (Å²) in [7, 11) is 2.14. The molecule has 0 aliphatic heterocycles. The molecule has 0 fully saturated rings. The van der Waals surface area contributed by atoms with Crippen molar-refractivity contribution in [2.75, 3.05) is 13.6 Å². The minimum atomic E-state index is 1.03. The van der Waals surface area contributed by atoms with E-state index in [0.717, 1.165) is 13.1 Å². The second-order valence-electron chi connectivity index (χ2n) is 3.58. The second-order valence-corrected chi connectivity index (χ2v) is 3.58. The number of nitrogens with zero attached hydrogens (tertiary/aromatic N) is 1. The Morgan fingerprint density at radius 3 is 2.79 bits per heavy atom. The number of hydrogen-bond donors (Lipinski definition) is 0. The van der Waals surface area contributed by atoms with Gasteiger partial charge in [0, 0.05) is 6.54 Å². The average molecular weight is 189 g/mol. The maximum absolute atomic E-state index is 2.30. The minimum Gasteiger partial charge on any atom is -0.302 e. The lowest BCUT2D eigenvalue weighted by atomic mass is 10.1. The van der Waals surface area contributed by atoms with Crippen LogP contribution in [0.2, 0.25) is 0 Å². The predicted octanol–water partition coefficient (Wildman–Crippen LogP) is 3.17. The predicted molar refractivity (Wildman–Crippen MR) is 63.2 cm³/mol. The van der Waals surface area contributed by atoms with Crippen molar-refractivity contribution in [3.8, 4) is 0 Å². The Hall–Kier alpha value is -1.08. The topological polar surface area (TPSA) is 3.24 Å². The molecule has 1 aromatic rings. The fraction of sp³-hybridized carbons (Fsp3) is 0.385. The van der Waals surface area contributed by atoms with E-state index in [2.05, 4.69) is 55.3 Å². The quantitative estimate of drug-likeness (QED) is 0.703. The summed E-state index contributed by atoms with van der Waals surface area (Å²) >= 11 is 0. The molecule has 0 aliphatic carbocycles. The van der Waals surface area contributed by atoms with E-state index in [-0.39, 0.29) is 0 Å². The molecule has 0 aromatic heterocycles. The molecule has 0 heterocycles. The van der Waals surface area contributed by atoms with E-state index in [4.69, 9.17) is 0 Å². The van der Waals surface area contributed by atoms with Crippen LogP contribution in [0, 0.1) is 0 Å². The highest BCUT2D eigenvalue weighted by Gasteiger charge is 1.97. The van der Waals surface area contributed by atoms with Gasteiger partial charge in [-0.1, -0.05) is 43.3 Å². The molecule has 0 spiro atoms. The largest absolute Gasteiger partial charge is 0.302 e. The molecule has 0 bridgehead atoms. The molecular formula is C13H19N. The highest BCUT2D eigenvalue weighted by Crippen LogP contribution is 2.08. The van der Waals surface area contributed by atoms with E-state index < -0.39 is 0 Å². The van der Waals surface area contributed by atoms with E-state index in [0.29, 0.717) is 0 Å². The van der Waals surface area contributed by atoms with Gasteiger partial charge < -0.3 is 4.90 Å². The number of benzene rings is 1. The smallest absolute Gasteiger partial charge is 0.0230 e. The van der Waals surface area contributed by atoms with Crippen molar-refractivity contribution in [3.63, 3.8) is 0 Å². The SMILES string of the molecule is CC=Cc1cccc(CN(C)CC)c1. The van der Waals surface area contributed by atoms with Crippen molar-refractivity contribution in [3.05, 3.63) is 41.5 Å². The summed E-state index contributed by atoms with van der Waals surface area (Å²) in [6.07, 6.45) is 4.21. The molecule has 0 saturated heterocycles. The molecule has 0 atom stereocenters. The Bertz CT molecular complexity index is 302. The van der Waals surface area contributed by atoms with Crippen molar-refractivity contribution in [2.45, 2.75) is 20.4 Å². The highest BCUT2D eigenvalue weighted by atomic mass is 15.1. The summed E-state index contributed by atoms with van der Waals surface area (Å²) in [4.78, 5) is 2.30. The molecule has 0 aliphatic rings. The van der Waals surface area contributed by atoms with Gasteiger partial charge in [0.1, 0.15) is 0 Å². The zero-order valence-electron chi connectivity index (χ0n) is 9.33. The fourth-order valence-corrected chi connectivity index (χ4v) is 1.41. The molecule has 14 heavy (non-hydrogen) atoms. The second kappa shape index (κ2) is 5.61. The zero-order chi connectivity index (χ0) is 10.4. The third kappa shape index (κ3) is 3.35. The molecule has 0 radical (unpaired) electrons. The zero-order valence-corrected chi connectivity index (χ0v) is 9.33. The van der Waals surface area contributed by atoms with Crippen LogP contribution in [0.1, 0.15) is 25.0 Å². The molecule has 1 nitrogen and oxygen atoms in total. The van der Waals surface area contributed by atoms with E-state index in [1.54, 1.807) is 0 Å². The summed E-state index contributed by atoms with van der Waals surface area (Å²) in [5.74, 6) is 0. The lowest BCUT2D eigenvalue weighted by Gasteiger charge is -2.13. The summed E-state index contributed by atoms with van der Waals surface area (Å²) in [5.41, 5.74) is 2.67. The van der Waals surface area contributed by atoms with Crippen molar-refractivity contribution in [1.29, 1.82) is 0 Å². The van der Waals surface area contributed by atoms with Gasteiger partial charge in [0.25, 0.3) is 0 Å². The van der Waals surface area contributed by atoms with Crippen LogP contribution in [0.25, 0.3) is 6.08 Å². The lowest BCUT2D eigenvalue weighted by molar-refractivity contribution is 0.346. The molecule has 0 amide bonds. The van der Waals surface area contributed by atoms with Crippen LogP contribution in [0.5, 0.6) is 0 Å². The van der Waals surface area contributed by atoms with Gasteiger partial charge >= 0.3 is 0 Å². The number of rotatable bonds is 4. The maximum atomic E-state index is 2.30. The van der Waals surface area contributed by atoms with E-state index in [9.17, 15) is 0 Å². The standard InChI is InChI=1S/C13H19N/c1-4-7-12-8-6-9-13(10-12)11-14(3)5-2/h4,6-10H,5,11H2,1-3H3. The van der Waals surface area contributed by atoms with E-state index in [1.807, 2.05) is 6.92 Å². The first-order valence-electron chi connectivity index (χ1n) is 5.16. The summed E-state index contributed by atoms with van der Waals surface area (Å²) in [6, 6.07) is 8.68. The van der Waals surface area contributed by atoms with Crippen LogP contribution in [-0.2, 0) is 6.54 Å². The van der Waals surface area contributed by atoms with Crippen LogP contribution in [0.4, 0.5) is 0 Å². The normalized spacial score (nSPS) is 11.4. The van der Waals surface area contributed by atoms with Gasteiger partial charge in [0.2, 0.25) is 0 Å². The van der Waals surface area contributed by atoms with E-state index in [1.165, 1.54) is 11.1 Å². The van der Waals surface area contributed by atoms with Crippen molar-refractivity contribution in [1.82, 2.24) is 4.90 Å². The molecular weight excluding hydrogens is 170 g/mol. The first-order chi connectivity index (χ1) is 6.76. The average Bonchev–Trinajstić information content (AvgIpc) is 2.19. The Kier molecular flexibility index (Phi) is 4.41.